The highest BCUT2D eigenvalue weighted by atomic mass is 16.3. The van der Waals surface area contributed by atoms with Crippen LogP contribution in [-0.2, 0) is 6.42 Å². The Morgan fingerprint density at radius 1 is 1.00 bits per heavy atom. The topological polar surface area (TPSA) is 52.5 Å². The molecule has 102 valence electrons. The van der Waals surface area contributed by atoms with Crippen molar-refractivity contribution < 1.29 is 10.2 Å². The Hall–Kier alpha value is -0.900. The van der Waals surface area contributed by atoms with E-state index >= 15 is 0 Å². The first-order valence-corrected chi connectivity index (χ1v) is 6.52. The molecule has 0 amide bonds. The van der Waals surface area contributed by atoms with Gasteiger partial charge >= 0.3 is 0 Å². The molecular weight excluding hydrogens is 226 g/mol. The molecule has 0 saturated carbocycles. The first-order chi connectivity index (χ1) is 8.51. The summed E-state index contributed by atoms with van der Waals surface area (Å²) in [6.07, 6.45) is 0.927. The van der Waals surface area contributed by atoms with Crippen molar-refractivity contribution >= 4 is 0 Å². The standard InChI is InChI=1S/C15H25NO2/c1-10-7-11(2)13(4)15(12(10)3)5-6-16-14(8-17)9-18/h7,14,16-18H,5-6,8-9H2,1-4H3. The van der Waals surface area contributed by atoms with Crippen LogP contribution in [0.1, 0.15) is 27.8 Å². The van der Waals surface area contributed by atoms with Crippen LogP contribution in [0.15, 0.2) is 6.07 Å². The van der Waals surface area contributed by atoms with Crippen LogP contribution < -0.4 is 5.32 Å². The van der Waals surface area contributed by atoms with Crippen molar-refractivity contribution in [2.24, 2.45) is 0 Å². The molecule has 0 aliphatic rings. The predicted octanol–water partition coefficient (Wildman–Crippen LogP) is 1.41. The van der Waals surface area contributed by atoms with Gasteiger partial charge in [0.05, 0.1) is 19.3 Å². The average Bonchev–Trinajstić information content (AvgIpc) is 2.36. The van der Waals surface area contributed by atoms with Gasteiger partial charge in [-0.25, -0.2) is 0 Å². The van der Waals surface area contributed by atoms with Crippen LogP contribution in [0.4, 0.5) is 0 Å². The average molecular weight is 251 g/mol. The SMILES string of the molecule is Cc1cc(C)c(C)c(CCNC(CO)CO)c1C. The second-order valence-corrected chi connectivity index (χ2v) is 5.01. The minimum absolute atomic E-state index is 0.0265. The van der Waals surface area contributed by atoms with Crippen molar-refractivity contribution in [3.63, 3.8) is 0 Å². The lowest BCUT2D eigenvalue weighted by atomic mass is 9.92. The second kappa shape index (κ2) is 6.88. The maximum atomic E-state index is 9.00. The quantitative estimate of drug-likeness (QED) is 0.716. The van der Waals surface area contributed by atoms with Crippen molar-refractivity contribution in [3.8, 4) is 0 Å². The highest BCUT2D eigenvalue weighted by molar-refractivity contribution is 5.44. The highest BCUT2D eigenvalue weighted by Gasteiger charge is 2.09. The number of aliphatic hydroxyl groups excluding tert-OH is 2. The summed E-state index contributed by atoms with van der Waals surface area (Å²) in [6, 6.07) is 2.02. The van der Waals surface area contributed by atoms with Gasteiger partial charge in [-0.05, 0) is 68.5 Å². The van der Waals surface area contributed by atoms with E-state index in [1.54, 1.807) is 0 Å². The van der Waals surface area contributed by atoms with Gasteiger partial charge in [-0.3, -0.25) is 0 Å². The van der Waals surface area contributed by atoms with E-state index in [2.05, 4.69) is 39.1 Å². The molecule has 3 heteroatoms. The number of hydrogen-bond acceptors (Lipinski definition) is 3. The number of rotatable bonds is 6. The Bertz CT molecular complexity index is 372. The minimum atomic E-state index is -0.212. The van der Waals surface area contributed by atoms with Gasteiger partial charge in [0, 0.05) is 0 Å². The van der Waals surface area contributed by atoms with Crippen LogP contribution in [0.3, 0.4) is 0 Å². The summed E-state index contributed by atoms with van der Waals surface area (Å²) < 4.78 is 0. The summed E-state index contributed by atoms with van der Waals surface area (Å²) >= 11 is 0. The number of aryl methyl sites for hydroxylation is 2. The molecule has 3 N–H and O–H groups in total. The molecule has 0 aromatic heterocycles. The van der Waals surface area contributed by atoms with Crippen molar-refractivity contribution in [2.45, 2.75) is 40.2 Å². The molecule has 0 fully saturated rings. The van der Waals surface area contributed by atoms with E-state index in [4.69, 9.17) is 10.2 Å². The lowest BCUT2D eigenvalue weighted by molar-refractivity contribution is 0.171. The van der Waals surface area contributed by atoms with Crippen LogP contribution in [-0.4, -0.2) is 36.0 Å². The summed E-state index contributed by atoms with van der Waals surface area (Å²) in [4.78, 5) is 0. The van der Waals surface area contributed by atoms with Gasteiger partial charge in [-0.15, -0.1) is 0 Å². The lowest BCUT2D eigenvalue weighted by Crippen LogP contribution is -2.37. The van der Waals surface area contributed by atoms with Crippen molar-refractivity contribution in [1.29, 1.82) is 0 Å². The first-order valence-electron chi connectivity index (χ1n) is 6.52. The molecule has 0 aliphatic heterocycles. The van der Waals surface area contributed by atoms with Crippen LogP contribution >= 0.6 is 0 Å². The van der Waals surface area contributed by atoms with E-state index in [1.165, 1.54) is 27.8 Å². The number of aliphatic hydroxyl groups is 2. The largest absolute Gasteiger partial charge is 0.395 e. The Morgan fingerprint density at radius 3 is 1.94 bits per heavy atom. The second-order valence-electron chi connectivity index (χ2n) is 5.01. The summed E-state index contributed by atoms with van der Waals surface area (Å²) in [5, 5.41) is 21.2. The Kier molecular flexibility index (Phi) is 5.79. The molecule has 0 bridgehead atoms. The molecular formula is C15H25NO2. The minimum Gasteiger partial charge on any atom is -0.395 e. The first kappa shape index (κ1) is 15.2. The zero-order valence-electron chi connectivity index (χ0n) is 11.9. The summed E-state index contributed by atoms with van der Waals surface area (Å²) in [6.45, 7) is 9.32. The van der Waals surface area contributed by atoms with E-state index < -0.39 is 0 Å². The predicted molar refractivity (Wildman–Crippen MR) is 75.1 cm³/mol. The molecule has 1 aromatic carbocycles. The van der Waals surface area contributed by atoms with Gasteiger partial charge in [-0.1, -0.05) is 6.07 Å². The molecule has 0 heterocycles. The fraction of sp³-hybridized carbons (Fsp3) is 0.600. The zero-order chi connectivity index (χ0) is 13.7. The molecule has 1 rings (SSSR count). The maximum absolute atomic E-state index is 9.00. The third kappa shape index (κ3) is 3.55. The van der Waals surface area contributed by atoms with E-state index in [9.17, 15) is 0 Å². The van der Waals surface area contributed by atoms with Crippen LogP contribution in [0.5, 0.6) is 0 Å². The fourth-order valence-electron chi connectivity index (χ4n) is 2.26. The number of hydrogen-bond donors (Lipinski definition) is 3. The van der Waals surface area contributed by atoms with Gasteiger partial charge < -0.3 is 15.5 Å². The number of nitrogens with one attached hydrogen (secondary N) is 1. The summed E-state index contributed by atoms with van der Waals surface area (Å²) in [5.41, 5.74) is 6.74. The van der Waals surface area contributed by atoms with Crippen molar-refractivity contribution in [3.05, 3.63) is 33.9 Å². The van der Waals surface area contributed by atoms with Crippen LogP contribution in [0.25, 0.3) is 0 Å². The van der Waals surface area contributed by atoms with Gasteiger partial charge in [0.15, 0.2) is 0 Å². The zero-order valence-corrected chi connectivity index (χ0v) is 11.9. The molecule has 0 unspecified atom stereocenters. The van der Waals surface area contributed by atoms with E-state index in [0.717, 1.165) is 13.0 Å². The molecule has 3 nitrogen and oxygen atoms in total. The Morgan fingerprint density at radius 2 is 1.50 bits per heavy atom. The van der Waals surface area contributed by atoms with E-state index in [-0.39, 0.29) is 19.3 Å². The molecule has 1 aromatic rings. The van der Waals surface area contributed by atoms with Gasteiger partial charge in [-0.2, -0.15) is 0 Å². The molecule has 0 spiro atoms. The normalized spacial score (nSPS) is 11.3. The molecule has 0 aliphatic carbocycles. The molecule has 0 saturated heterocycles. The van der Waals surface area contributed by atoms with Crippen LogP contribution in [0, 0.1) is 27.7 Å². The molecule has 18 heavy (non-hydrogen) atoms. The van der Waals surface area contributed by atoms with E-state index in [0.29, 0.717) is 0 Å². The van der Waals surface area contributed by atoms with Crippen molar-refractivity contribution in [2.75, 3.05) is 19.8 Å². The Balaban J connectivity index is 2.73. The highest BCUT2D eigenvalue weighted by Crippen LogP contribution is 2.21. The number of benzene rings is 1. The Labute approximate surface area is 110 Å². The summed E-state index contributed by atoms with van der Waals surface area (Å²) in [7, 11) is 0. The summed E-state index contributed by atoms with van der Waals surface area (Å²) in [5.74, 6) is 0. The van der Waals surface area contributed by atoms with Gasteiger partial charge in [0.2, 0.25) is 0 Å². The van der Waals surface area contributed by atoms with Gasteiger partial charge in [0.1, 0.15) is 0 Å². The molecule has 0 radical (unpaired) electrons. The monoisotopic (exact) mass is 251 g/mol. The third-order valence-electron chi connectivity index (χ3n) is 3.77. The smallest absolute Gasteiger partial charge is 0.0607 e. The molecule has 0 atom stereocenters. The van der Waals surface area contributed by atoms with Crippen LogP contribution in [0.2, 0.25) is 0 Å². The van der Waals surface area contributed by atoms with Gasteiger partial charge in [0.25, 0.3) is 0 Å². The lowest BCUT2D eigenvalue weighted by Gasteiger charge is -2.17. The van der Waals surface area contributed by atoms with E-state index in [1.807, 2.05) is 0 Å². The fourth-order valence-corrected chi connectivity index (χ4v) is 2.26. The maximum Gasteiger partial charge on any atom is 0.0607 e. The third-order valence-corrected chi connectivity index (χ3v) is 3.77. The van der Waals surface area contributed by atoms with Crippen molar-refractivity contribution in [1.82, 2.24) is 5.32 Å².